The fourth-order valence-corrected chi connectivity index (χ4v) is 2.48. The minimum atomic E-state index is -0.128. The molecular formula is C19H27ClN2O. The molecule has 0 aliphatic heterocycles. The zero-order chi connectivity index (χ0) is 16.1. The normalized spacial score (nSPS) is 13.4. The molecule has 0 aliphatic rings. The molecule has 0 aromatic heterocycles. The van der Waals surface area contributed by atoms with Crippen molar-refractivity contribution in [2.75, 3.05) is 6.54 Å². The van der Waals surface area contributed by atoms with Crippen molar-refractivity contribution in [2.45, 2.75) is 33.2 Å². The first kappa shape index (κ1) is 19.5. The van der Waals surface area contributed by atoms with Gasteiger partial charge >= 0.3 is 0 Å². The van der Waals surface area contributed by atoms with Crippen molar-refractivity contribution in [2.24, 2.45) is 17.6 Å². The predicted octanol–water partition coefficient (Wildman–Crippen LogP) is 4.06. The van der Waals surface area contributed by atoms with Crippen molar-refractivity contribution in [1.82, 2.24) is 5.32 Å². The molecule has 2 unspecified atom stereocenters. The van der Waals surface area contributed by atoms with E-state index in [9.17, 15) is 4.79 Å². The zero-order valence-corrected chi connectivity index (χ0v) is 14.9. The molecule has 0 radical (unpaired) electrons. The summed E-state index contributed by atoms with van der Waals surface area (Å²) in [6.07, 6.45) is 0.543. The van der Waals surface area contributed by atoms with Crippen LogP contribution in [0.3, 0.4) is 0 Å². The fraction of sp³-hybridized carbons (Fsp3) is 0.421. The smallest absolute Gasteiger partial charge is 0.220 e. The topological polar surface area (TPSA) is 55.1 Å². The number of hydrogen-bond acceptors (Lipinski definition) is 2. The summed E-state index contributed by atoms with van der Waals surface area (Å²) >= 11 is 0. The number of amides is 1. The molecule has 3 nitrogen and oxygen atoms in total. The monoisotopic (exact) mass is 334 g/mol. The Morgan fingerprint density at radius 1 is 1.09 bits per heavy atom. The molecule has 2 aromatic rings. The van der Waals surface area contributed by atoms with Gasteiger partial charge in [-0.2, -0.15) is 0 Å². The third-order valence-electron chi connectivity index (χ3n) is 4.39. The number of benzene rings is 2. The Morgan fingerprint density at radius 3 is 2.35 bits per heavy atom. The summed E-state index contributed by atoms with van der Waals surface area (Å²) < 4.78 is 0. The van der Waals surface area contributed by atoms with Crippen molar-refractivity contribution >= 4 is 29.1 Å². The van der Waals surface area contributed by atoms with Crippen LogP contribution in [0.15, 0.2) is 42.5 Å². The number of carbonyl (C=O) groups is 1. The first-order valence-corrected chi connectivity index (χ1v) is 7.99. The number of nitrogens with one attached hydrogen (secondary N) is 1. The Bertz CT molecular complexity index is 642. The summed E-state index contributed by atoms with van der Waals surface area (Å²) in [5.41, 5.74) is 6.93. The van der Waals surface area contributed by atoms with E-state index in [1.807, 2.05) is 18.2 Å². The second-order valence-electron chi connectivity index (χ2n) is 6.39. The number of carbonyl (C=O) groups excluding carboxylic acids is 1. The SMILES string of the molecule is CC(C)C(C)CC(=O)NC(CN)c1ccc2ccccc2c1.Cl. The van der Waals surface area contributed by atoms with Crippen LogP contribution in [-0.2, 0) is 4.79 Å². The van der Waals surface area contributed by atoms with Gasteiger partial charge in [0.2, 0.25) is 5.91 Å². The van der Waals surface area contributed by atoms with Crippen molar-refractivity contribution in [1.29, 1.82) is 0 Å². The van der Waals surface area contributed by atoms with Crippen molar-refractivity contribution in [3.63, 3.8) is 0 Å². The van der Waals surface area contributed by atoms with Gasteiger partial charge in [-0.1, -0.05) is 57.2 Å². The maximum atomic E-state index is 12.2. The summed E-state index contributed by atoms with van der Waals surface area (Å²) in [6.45, 7) is 6.79. The number of halogens is 1. The lowest BCUT2D eigenvalue weighted by molar-refractivity contribution is -0.122. The molecule has 0 aliphatic carbocycles. The minimum Gasteiger partial charge on any atom is -0.348 e. The first-order chi connectivity index (χ1) is 10.5. The first-order valence-electron chi connectivity index (χ1n) is 7.99. The van der Waals surface area contributed by atoms with E-state index in [0.717, 1.165) is 5.56 Å². The van der Waals surface area contributed by atoms with Gasteiger partial charge in [-0.25, -0.2) is 0 Å². The van der Waals surface area contributed by atoms with E-state index >= 15 is 0 Å². The third-order valence-corrected chi connectivity index (χ3v) is 4.39. The highest BCUT2D eigenvalue weighted by Gasteiger charge is 2.17. The number of rotatable bonds is 6. The molecule has 4 heteroatoms. The number of nitrogens with two attached hydrogens (primary N) is 1. The quantitative estimate of drug-likeness (QED) is 0.837. The van der Waals surface area contributed by atoms with Crippen LogP contribution in [0, 0.1) is 11.8 Å². The van der Waals surface area contributed by atoms with Gasteiger partial charge in [-0.15, -0.1) is 12.4 Å². The highest BCUT2D eigenvalue weighted by atomic mass is 35.5. The third kappa shape index (κ3) is 5.22. The molecule has 0 saturated carbocycles. The van der Waals surface area contributed by atoms with Gasteiger partial charge in [0.15, 0.2) is 0 Å². The van der Waals surface area contributed by atoms with Crippen LogP contribution in [0.5, 0.6) is 0 Å². The van der Waals surface area contributed by atoms with Gasteiger partial charge in [0.25, 0.3) is 0 Å². The lowest BCUT2D eigenvalue weighted by Gasteiger charge is -2.20. The average molecular weight is 335 g/mol. The van der Waals surface area contributed by atoms with Crippen LogP contribution in [0.2, 0.25) is 0 Å². The van der Waals surface area contributed by atoms with Crippen LogP contribution in [-0.4, -0.2) is 12.5 Å². The molecule has 0 spiro atoms. The maximum absolute atomic E-state index is 12.2. The van der Waals surface area contributed by atoms with E-state index in [2.05, 4.69) is 50.4 Å². The van der Waals surface area contributed by atoms with E-state index in [1.54, 1.807) is 0 Å². The van der Waals surface area contributed by atoms with Crippen LogP contribution >= 0.6 is 12.4 Å². The molecule has 3 N–H and O–H groups in total. The van der Waals surface area contributed by atoms with E-state index in [-0.39, 0.29) is 24.4 Å². The van der Waals surface area contributed by atoms with Crippen molar-refractivity contribution in [3.8, 4) is 0 Å². The van der Waals surface area contributed by atoms with Gasteiger partial charge < -0.3 is 11.1 Å². The molecule has 2 atom stereocenters. The molecule has 0 fully saturated rings. The molecule has 0 saturated heterocycles. The largest absolute Gasteiger partial charge is 0.348 e. The van der Waals surface area contributed by atoms with Gasteiger partial charge in [0, 0.05) is 13.0 Å². The summed E-state index contributed by atoms with van der Waals surface area (Å²) in [6, 6.07) is 14.3. The Hall–Kier alpha value is -1.58. The van der Waals surface area contributed by atoms with E-state index in [4.69, 9.17) is 5.73 Å². The van der Waals surface area contributed by atoms with Crippen LogP contribution in [0.25, 0.3) is 10.8 Å². The Labute approximate surface area is 145 Å². The molecule has 2 rings (SSSR count). The number of fused-ring (bicyclic) bond motifs is 1. The lowest BCUT2D eigenvalue weighted by Crippen LogP contribution is -2.34. The minimum absolute atomic E-state index is 0. The Morgan fingerprint density at radius 2 is 1.74 bits per heavy atom. The molecule has 23 heavy (non-hydrogen) atoms. The summed E-state index contributed by atoms with van der Waals surface area (Å²) in [5.74, 6) is 0.947. The summed E-state index contributed by atoms with van der Waals surface area (Å²) in [5, 5.41) is 5.44. The summed E-state index contributed by atoms with van der Waals surface area (Å²) in [7, 11) is 0. The molecule has 126 valence electrons. The fourth-order valence-electron chi connectivity index (χ4n) is 2.48. The van der Waals surface area contributed by atoms with Gasteiger partial charge in [-0.05, 0) is 34.2 Å². The molecular weight excluding hydrogens is 308 g/mol. The molecule has 1 amide bonds. The standard InChI is InChI=1S/C19H26N2O.ClH/c1-13(2)14(3)10-19(22)21-18(12-20)17-9-8-15-6-4-5-7-16(15)11-17;/h4-9,11,13-14,18H,10,12,20H2,1-3H3,(H,21,22);1H. The number of hydrogen-bond donors (Lipinski definition) is 2. The Kier molecular flexibility index (Phi) is 7.53. The van der Waals surface area contributed by atoms with Gasteiger partial charge in [-0.3, -0.25) is 4.79 Å². The van der Waals surface area contributed by atoms with Crippen molar-refractivity contribution in [3.05, 3.63) is 48.0 Å². The van der Waals surface area contributed by atoms with Crippen LogP contribution < -0.4 is 11.1 Å². The zero-order valence-electron chi connectivity index (χ0n) is 14.1. The highest BCUT2D eigenvalue weighted by Crippen LogP contribution is 2.21. The Balaban J connectivity index is 0.00000264. The second-order valence-corrected chi connectivity index (χ2v) is 6.39. The average Bonchev–Trinajstić information content (AvgIpc) is 2.52. The van der Waals surface area contributed by atoms with Gasteiger partial charge in [0.05, 0.1) is 6.04 Å². The molecule has 0 heterocycles. The lowest BCUT2D eigenvalue weighted by atomic mass is 9.94. The predicted molar refractivity (Wildman–Crippen MR) is 99.8 cm³/mol. The van der Waals surface area contributed by atoms with Crippen LogP contribution in [0.1, 0.15) is 38.8 Å². The summed E-state index contributed by atoms with van der Waals surface area (Å²) in [4.78, 5) is 12.2. The molecule has 0 bridgehead atoms. The van der Waals surface area contributed by atoms with E-state index < -0.39 is 0 Å². The van der Waals surface area contributed by atoms with Gasteiger partial charge in [0.1, 0.15) is 0 Å². The van der Waals surface area contributed by atoms with Crippen molar-refractivity contribution < 1.29 is 4.79 Å². The second kappa shape index (κ2) is 8.90. The van der Waals surface area contributed by atoms with E-state index in [0.29, 0.717) is 24.8 Å². The highest BCUT2D eigenvalue weighted by molar-refractivity contribution is 5.85. The maximum Gasteiger partial charge on any atom is 0.220 e. The van der Waals surface area contributed by atoms with Crippen LogP contribution in [0.4, 0.5) is 0 Å². The molecule has 2 aromatic carbocycles. The van der Waals surface area contributed by atoms with E-state index in [1.165, 1.54) is 10.8 Å².